The van der Waals surface area contributed by atoms with Crippen LogP contribution >= 0.6 is 0 Å². The summed E-state index contributed by atoms with van der Waals surface area (Å²) in [6.45, 7) is 0. The SMILES string of the molecule is Nc1ccc(S(=O)(=O)O)nc1. The first kappa shape index (κ1) is 7.96. The molecule has 0 saturated heterocycles. The van der Waals surface area contributed by atoms with Crippen LogP contribution in [0.15, 0.2) is 23.4 Å². The maximum Gasteiger partial charge on any atom is 0.312 e. The third-order valence-electron chi connectivity index (χ3n) is 1.02. The van der Waals surface area contributed by atoms with E-state index in [1.807, 2.05) is 0 Å². The predicted molar refractivity (Wildman–Crippen MR) is 38.5 cm³/mol. The van der Waals surface area contributed by atoms with Gasteiger partial charge in [-0.2, -0.15) is 8.42 Å². The van der Waals surface area contributed by atoms with Crippen LogP contribution in [-0.4, -0.2) is 18.0 Å². The molecule has 1 aromatic heterocycles. The Labute approximate surface area is 63.6 Å². The minimum Gasteiger partial charge on any atom is -0.397 e. The van der Waals surface area contributed by atoms with Gasteiger partial charge in [-0.05, 0) is 12.1 Å². The zero-order valence-corrected chi connectivity index (χ0v) is 6.25. The van der Waals surface area contributed by atoms with Gasteiger partial charge in [0.15, 0.2) is 5.03 Å². The predicted octanol–water partition coefficient (Wildman–Crippen LogP) is -0.0895. The molecule has 3 N–H and O–H groups in total. The van der Waals surface area contributed by atoms with E-state index in [2.05, 4.69) is 4.98 Å². The maximum absolute atomic E-state index is 10.4. The largest absolute Gasteiger partial charge is 0.397 e. The van der Waals surface area contributed by atoms with Crippen LogP contribution in [0.1, 0.15) is 0 Å². The lowest BCUT2D eigenvalue weighted by Gasteiger charge is -1.94. The van der Waals surface area contributed by atoms with Crippen molar-refractivity contribution >= 4 is 15.8 Å². The molecule has 0 saturated carbocycles. The molecule has 1 heterocycles. The molecule has 0 unspecified atom stereocenters. The van der Waals surface area contributed by atoms with Gasteiger partial charge in [0.2, 0.25) is 0 Å². The molecule has 0 atom stereocenters. The number of aromatic nitrogens is 1. The quantitative estimate of drug-likeness (QED) is 0.580. The number of rotatable bonds is 1. The first-order valence-corrected chi connectivity index (χ1v) is 4.13. The van der Waals surface area contributed by atoms with Gasteiger partial charge >= 0.3 is 10.1 Å². The van der Waals surface area contributed by atoms with Crippen molar-refractivity contribution in [2.24, 2.45) is 0 Å². The van der Waals surface area contributed by atoms with Crippen molar-refractivity contribution in [1.29, 1.82) is 0 Å². The van der Waals surface area contributed by atoms with E-state index in [0.29, 0.717) is 5.69 Å². The molecule has 0 spiro atoms. The molecule has 1 rings (SSSR count). The standard InChI is InChI=1S/C5H6N2O3S/c6-4-1-2-5(7-3-4)11(8,9)10/h1-3H,6H2,(H,8,9,10). The zero-order chi connectivity index (χ0) is 8.48. The van der Waals surface area contributed by atoms with Crippen LogP contribution in [-0.2, 0) is 10.1 Å². The number of hydrogen-bond donors (Lipinski definition) is 2. The van der Waals surface area contributed by atoms with E-state index in [0.717, 1.165) is 12.3 Å². The topological polar surface area (TPSA) is 93.3 Å². The average Bonchev–Trinajstić information content (AvgIpc) is 1.86. The van der Waals surface area contributed by atoms with Gasteiger partial charge in [-0.1, -0.05) is 0 Å². The molecule has 0 amide bonds. The van der Waals surface area contributed by atoms with Crippen LogP contribution in [0.3, 0.4) is 0 Å². The van der Waals surface area contributed by atoms with Crippen molar-refractivity contribution in [3.8, 4) is 0 Å². The van der Waals surface area contributed by atoms with E-state index < -0.39 is 15.1 Å². The van der Waals surface area contributed by atoms with Crippen LogP contribution in [0.25, 0.3) is 0 Å². The molecule has 0 bridgehead atoms. The zero-order valence-electron chi connectivity index (χ0n) is 5.43. The van der Waals surface area contributed by atoms with Crippen molar-refractivity contribution in [1.82, 2.24) is 4.98 Å². The monoisotopic (exact) mass is 174 g/mol. The lowest BCUT2D eigenvalue weighted by Crippen LogP contribution is -2.01. The summed E-state index contributed by atoms with van der Waals surface area (Å²) in [5.74, 6) is 0. The molecule has 11 heavy (non-hydrogen) atoms. The third-order valence-corrected chi connectivity index (χ3v) is 1.79. The Morgan fingerprint density at radius 3 is 2.45 bits per heavy atom. The Hall–Kier alpha value is -1.14. The summed E-state index contributed by atoms with van der Waals surface area (Å²) in [5, 5.41) is -0.397. The van der Waals surface area contributed by atoms with Crippen molar-refractivity contribution in [3.05, 3.63) is 18.3 Å². The van der Waals surface area contributed by atoms with E-state index in [-0.39, 0.29) is 0 Å². The van der Waals surface area contributed by atoms with Crippen molar-refractivity contribution in [2.75, 3.05) is 5.73 Å². The molecular weight excluding hydrogens is 168 g/mol. The fourth-order valence-electron chi connectivity index (χ4n) is 0.544. The highest BCUT2D eigenvalue weighted by Gasteiger charge is 2.09. The van der Waals surface area contributed by atoms with Gasteiger partial charge in [0, 0.05) is 0 Å². The second kappa shape index (κ2) is 2.48. The van der Waals surface area contributed by atoms with Gasteiger partial charge in [-0.15, -0.1) is 0 Å². The smallest absolute Gasteiger partial charge is 0.312 e. The molecule has 60 valence electrons. The summed E-state index contributed by atoms with van der Waals surface area (Å²) in [6.07, 6.45) is 1.16. The molecule has 0 aliphatic carbocycles. The molecule has 0 fully saturated rings. The van der Waals surface area contributed by atoms with Gasteiger partial charge in [0.25, 0.3) is 0 Å². The van der Waals surface area contributed by atoms with Gasteiger partial charge in [-0.3, -0.25) is 4.55 Å². The molecule has 0 aromatic carbocycles. The van der Waals surface area contributed by atoms with Crippen LogP contribution in [0.2, 0.25) is 0 Å². The summed E-state index contributed by atoms with van der Waals surface area (Å²) in [4.78, 5) is 3.39. The molecule has 0 radical (unpaired) electrons. The third kappa shape index (κ3) is 1.89. The summed E-state index contributed by atoms with van der Waals surface area (Å²) >= 11 is 0. The van der Waals surface area contributed by atoms with E-state index in [1.165, 1.54) is 6.07 Å². The number of anilines is 1. The highest BCUT2D eigenvalue weighted by atomic mass is 32.2. The van der Waals surface area contributed by atoms with Crippen LogP contribution in [0, 0.1) is 0 Å². The Morgan fingerprint density at radius 2 is 2.09 bits per heavy atom. The lowest BCUT2D eigenvalue weighted by atomic mass is 10.4. The average molecular weight is 174 g/mol. The fraction of sp³-hybridized carbons (Fsp3) is 0. The van der Waals surface area contributed by atoms with Crippen molar-refractivity contribution in [3.63, 3.8) is 0 Å². The van der Waals surface area contributed by atoms with E-state index in [1.54, 1.807) is 0 Å². The summed E-state index contributed by atoms with van der Waals surface area (Å²) in [6, 6.07) is 2.47. The second-order valence-corrected chi connectivity index (χ2v) is 3.27. The van der Waals surface area contributed by atoms with Crippen molar-refractivity contribution < 1.29 is 13.0 Å². The van der Waals surface area contributed by atoms with Gasteiger partial charge in [-0.25, -0.2) is 4.98 Å². The number of hydrogen-bond acceptors (Lipinski definition) is 4. The van der Waals surface area contributed by atoms with E-state index in [9.17, 15) is 8.42 Å². The normalized spacial score (nSPS) is 11.4. The van der Waals surface area contributed by atoms with Gasteiger partial charge in [0.1, 0.15) is 0 Å². The molecule has 1 aromatic rings. The highest BCUT2D eigenvalue weighted by Crippen LogP contribution is 2.05. The Kier molecular flexibility index (Phi) is 1.79. The van der Waals surface area contributed by atoms with Crippen LogP contribution in [0.5, 0.6) is 0 Å². The molecule has 5 nitrogen and oxygen atoms in total. The first-order chi connectivity index (χ1) is 5.00. The Bertz CT molecular complexity index is 342. The molecule has 0 aliphatic rings. The van der Waals surface area contributed by atoms with E-state index >= 15 is 0 Å². The number of nitrogens with two attached hydrogens (primary N) is 1. The minimum absolute atomic E-state index is 0.345. The molecule has 6 heteroatoms. The lowest BCUT2D eigenvalue weighted by molar-refractivity contribution is 0.479. The number of nitrogen functional groups attached to an aromatic ring is 1. The molecule has 0 aliphatic heterocycles. The summed E-state index contributed by atoms with van der Waals surface area (Å²) in [5.41, 5.74) is 5.58. The number of nitrogens with zero attached hydrogens (tertiary/aromatic N) is 1. The number of pyridine rings is 1. The van der Waals surface area contributed by atoms with Gasteiger partial charge in [0.05, 0.1) is 11.9 Å². The van der Waals surface area contributed by atoms with Crippen LogP contribution in [0.4, 0.5) is 5.69 Å². The summed E-state index contributed by atoms with van der Waals surface area (Å²) in [7, 11) is -4.19. The Morgan fingerprint density at radius 1 is 1.45 bits per heavy atom. The van der Waals surface area contributed by atoms with E-state index in [4.69, 9.17) is 10.3 Å². The molecular formula is C5H6N2O3S. The van der Waals surface area contributed by atoms with Crippen LogP contribution < -0.4 is 5.73 Å². The fourth-order valence-corrected chi connectivity index (χ4v) is 0.970. The minimum atomic E-state index is -4.19. The first-order valence-electron chi connectivity index (χ1n) is 2.69. The Balaban J connectivity index is 3.20. The maximum atomic E-state index is 10.4. The summed E-state index contributed by atoms with van der Waals surface area (Å²) < 4.78 is 29.2. The van der Waals surface area contributed by atoms with Crippen molar-refractivity contribution in [2.45, 2.75) is 5.03 Å². The highest BCUT2D eigenvalue weighted by molar-refractivity contribution is 7.85. The van der Waals surface area contributed by atoms with Gasteiger partial charge < -0.3 is 5.73 Å². The second-order valence-electron chi connectivity index (χ2n) is 1.90.